The Morgan fingerprint density at radius 1 is 1.24 bits per heavy atom. The average Bonchev–Trinajstić information content (AvgIpc) is 2.60. The molecule has 0 heterocycles. The van der Waals surface area contributed by atoms with Crippen molar-refractivity contribution in [2.75, 3.05) is 0 Å². The van der Waals surface area contributed by atoms with Crippen LogP contribution in [0.3, 0.4) is 0 Å². The molecule has 0 unspecified atom stereocenters. The molecular weight excluding hydrogens is 336 g/mol. The molecular formula is C13H16BrFOZn. The van der Waals surface area contributed by atoms with E-state index in [1.54, 1.807) is 6.07 Å². The first kappa shape index (κ1) is 15.1. The minimum atomic E-state index is -0.252. The number of rotatable bonds is 2. The molecule has 1 nitrogen and oxygen atoms in total. The predicted molar refractivity (Wildman–Crippen MR) is 66.3 cm³/mol. The molecule has 1 aromatic rings. The fourth-order valence-electron chi connectivity index (χ4n) is 2.03. The molecule has 0 saturated heterocycles. The van der Waals surface area contributed by atoms with Crippen LogP contribution in [0.2, 0.25) is 0 Å². The quantitative estimate of drug-likeness (QED) is 0.430. The second-order valence-corrected chi connectivity index (χ2v) is 4.10. The Bertz CT molecular complexity index is 314. The van der Waals surface area contributed by atoms with Crippen LogP contribution in [0, 0.1) is 11.9 Å². The molecule has 90 valence electrons. The van der Waals surface area contributed by atoms with E-state index in [0.29, 0.717) is 5.75 Å². The van der Waals surface area contributed by atoms with Crippen LogP contribution in [0.25, 0.3) is 0 Å². The van der Waals surface area contributed by atoms with Gasteiger partial charge in [0.15, 0.2) is 0 Å². The van der Waals surface area contributed by atoms with E-state index in [-0.39, 0.29) is 11.9 Å². The van der Waals surface area contributed by atoms with Gasteiger partial charge in [0.2, 0.25) is 0 Å². The van der Waals surface area contributed by atoms with E-state index in [9.17, 15) is 4.39 Å². The summed E-state index contributed by atoms with van der Waals surface area (Å²) in [5.74, 6) is 0.291. The summed E-state index contributed by atoms with van der Waals surface area (Å²) >= 11 is 4.25. The topological polar surface area (TPSA) is 9.23 Å². The van der Waals surface area contributed by atoms with Crippen molar-refractivity contribution in [1.82, 2.24) is 0 Å². The molecule has 0 amide bonds. The third kappa shape index (κ3) is 5.97. The van der Waals surface area contributed by atoms with Crippen LogP contribution in [0.4, 0.5) is 4.39 Å². The maximum absolute atomic E-state index is 12.9. The molecule has 0 N–H and O–H groups in total. The van der Waals surface area contributed by atoms with Crippen molar-refractivity contribution in [2.24, 2.45) is 0 Å². The van der Waals surface area contributed by atoms with Crippen molar-refractivity contribution < 1.29 is 25.5 Å². The number of hydrogen-bond donors (Lipinski definition) is 0. The number of halogens is 2. The Labute approximate surface area is 119 Å². The second kappa shape index (κ2) is 9.05. The SMILES string of the molecule is Fc1cc[c-]c(OC2CCCCCC2)c1.[Zn+][Br]. The first-order valence-electron chi connectivity index (χ1n) is 5.95. The van der Waals surface area contributed by atoms with Gasteiger partial charge in [-0.3, -0.25) is 0 Å². The monoisotopic (exact) mass is 350 g/mol. The van der Waals surface area contributed by atoms with Gasteiger partial charge in [0, 0.05) is 11.6 Å². The summed E-state index contributed by atoms with van der Waals surface area (Å²) in [6, 6.07) is 7.28. The molecule has 1 aromatic carbocycles. The average molecular weight is 353 g/mol. The van der Waals surface area contributed by atoms with Crippen LogP contribution < -0.4 is 4.74 Å². The van der Waals surface area contributed by atoms with E-state index in [1.165, 1.54) is 54.2 Å². The molecule has 17 heavy (non-hydrogen) atoms. The Balaban J connectivity index is 0.000000686. The molecule has 0 aromatic heterocycles. The van der Waals surface area contributed by atoms with Crippen LogP contribution in [0.5, 0.6) is 5.75 Å². The van der Waals surface area contributed by atoms with E-state index >= 15 is 0 Å². The molecule has 0 atom stereocenters. The zero-order valence-corrected chi connectivity index (χ0v) is 14.5. The van der Waals surface area contributed by atoms with Crippen LogP contribution in [-0.2, 0) is 16.3 Å². The third-order valence-electron chi connectivity index (χ3n) is 2.83. The van der Waals surface area contributed by atoms with Crippen molar-refractivity contribution >= 4 is 13.6 Å². The summed E-state index contributed by atoms with van der Waals surface area (Å²) in [5, 5.41) is 0. The zero-order chi connectivity index (χ0) is 12.5. The van der Waals surface area contributed by atoms with Gasteiger partial charge in [0.1, 0.15) is 0 Å². The first-order valence-corrected chi connectivity index (χ1v) is 12.9. The van der Waals surface area contributed by atoms with E-state index in [4.69, 9.17) is 4.74 Å². The van der Waals surface area contributed by atoms with Crippen LogP contribution >= 0.6 is 13.6 Å². The third-order valence-corrected chi connectivity index (χ3v) is 2.83. The Hall–Kier alpha value is 0.0534. The van der Waals surface area contributed by atoms with Gasteiger partial charge in [0.25, 0.3) is 0 Å². The van der Waals surface area contributed by atoms with Crippen LogP contribution in [0.1, 0.15) is 38.5 Å². The molecule has 1 aliphatic rings. The van der Waals surface area contributed by atoms with Crippen molar-refractivity contribution in [3.63, 3.8) is 0 Å². The van der Waals surface area contributed by atoms with Gasteiger partial charge >= 0.3 is 30.0 Å². The van der Waals surface area contributed by atoms with E-state index < -0.39 is 0 Å². The Kier molecular flexibility index (Phi) is 8.04. The van der Waals surface area contributed by atoms with Crippen molar-refractivity contribution in [3.8, 4) is 5.75 Å². The number of benzene rings is 1. The van der Waals surface area contributed by atoms with Gasteiger partial charge in [-0.2, -0.15) is 6.07 Å². The molecule has 1 saturated carbocycles. The fourth-order valence-corrected chi connectivity index (χ4v) is 2.03. The molecule has 4 heteroatoms. The van der Waals surface area contributed by atoms with Crippen LogP contribution in [0.15, 0.2) is 18.2 Å². The maximum atomic E-state index is 12.9. The summed E-state index contributed by atoms with van der Waals surface area (Å²) in [6.45, 7) is 0. The van der Waals surface area contributed by atoms with Gasteiger partial charge in [0.05, 0.1) is 6.10 Å². The summed E-state index contributed by atoms with van der Waals surface area (Å²) in [4.78, 5) is 0. The summed E-state index contributed by atoms with van der Waals surface area (Å²) in [7, 11) is 0. The standard InChI is InChI=1S/C13H16FO.BrH.Zn/c14-11-6-5-9-13(10-11)15-12-7-3-1-2-4-8-12;;/h5-6,10,12H,1-4,7-8H2;1H;/q-1;;+2/p-1. The fraction of sp³-hybridized carbons (Fsp3) is 0.538. The van der Waals surface area contributed by atoms with Gasteiger partial charge < -0.3 is 4.74 Å². The summed E-state index contributed by atoms with van der Waals surface area (Å²) < 4.78 is 18.6. The minimum absolute atomic E-state index is 0.252. The van der Waals surface area contributed by atoms with Gasteiger partial charge in [-0.05, 0) is 25.7 Å². The van der Waals surface area contributed by atoms with Crippen molar-refractivity contribution in [1.29, 1.82) is 0 Å². The van der Waals surface area contributed by atoms with Gasteiger partial charge in [-0.1, -0.05) is 18.9 Å². The Morgan fingerprint density at radius 2 is 1.88 bits per heavy atom. The normalized spacial score (nSPS) is 16.7. The zero-order valence-electron chi connectivity index (χ0n) is 9.92. The summed E-state index contributed by atoms with van der Waals surface area (Å²) in [6.07, 6.45) is 7.47. The molecule has 0 bridgehead atoms. The number of hydrogen-bond acceptors (Lipinski definition) is 1. The molecule has 0 aliphatic heterocycles. The molecule has 1 fully saturated rings. The van der Waals surface area contributed by atoms with Crippen molar-refractivity contribution in [3.05, 3.63) is 30.1 Å². The predicted octanol–water partition coefficient (Wildman–Crippen LogP) is 4.57. The Morgan fingerprint density at radius 3 is 2.47 bits per heavy atom. The second-order valence-electron chi connectivity index (χ2n) is 4.10. The van der Waals surface area contributed by atoms with E-state index in [1.807, 2.05) is 0 Å². The molecule has 2 rings (SSSR count). The molecule has 1 aliphatic carbocycles. The molecule has 0 radical (unpaired) electrons. The van der Waals surface area contributed by atoms with Gasteiger partial charge in [-0.15, -0.1) is 12.1 Å². The first-order chi connectivity index (χ1) is 8.34. The van der Waals surface area contributed by atoms with E-state index in [0.717, 1.165) is 12.8 Å². The van der Waals surface area contributed by atoms with Crippen LogP contribution in [-0.4, -0.2) is 6.10 Å². The number of ether oxygens (including phenoxy) is 1. The van der Waals surface area contributed by atoms with Crippen molar-refractivity contribution in [2.45, 2.75) is 44.6 Å². The summed E-state index contributed by atoms with van der Waals surface area (Å²) in [5.41, 5.74) is 0. The molecule has 0 spiro atoms. The van der Waals surface area contributed by atoms with Gasteiger partial charge in [-0.25, -0.2) is 4.39 Å². The van der Waals surface area contributed by atoms with E-state index in [2.05, 4.69) is 19.7 Å².